The Balaban J connectivity index is 2.72. The van der Waals surface area contributed by atoms with Gasteiger partial charge in [-0.15, -0.1) is 22.7 Å². The van der Waals surface area contributed by atoms with Crippen molar-refractivity contribution in [3.05, 3.63) is 21.6 Å². The van der Waals surface area contributed by atoms with Gasteiger partial charge in [-0.3, -0.25) is 0 Å². The van der Waals surface area contributed by atoms with Crippen LogP contribution >= 0.6 is 22.7 Å². The standard InChI is InChI=1S/C8H5FO2S2/c1-3-6-4(13-7(3)9)2-5(12-6)8(10)11/h2H,1H3,(H,10,11). The highest BCUT2D eigenvalue weighted by Gasteiger charge is 2.14. The summed E-state index contributed by atoms with van der Waals surface area (Å²) in [4.78, 5) is 10.9. The van der Waals surface area contributed by atoms with Gasteiger partial charge in [0, 0.05) is 10.3 Å². The average Bonchev–Trinajstić information content (AvgIpc) is 2.55. The number of carboxylic acid groups (broad SMARTS) is 1. The topological polar surface area (TPSA) is 37.3 Å². The summed E-state index contributed by atoms with van der Waals surface area (Å²) in [6.45, 7) is 1.66. The molecule has 68 valence electrons. The van der Waals surface area contributed by atoms with Gasteiger partial charge in [-0.1, -0.05) is 0 Å². The molecule has 0 spiro atoms. The minimum atomic E-state index is -0.951. The lowest BCUT2D eigenvalue weighted by molar-refractivity contribution is 0.0702. The largest absolute Gasteiger partial charge is 0.477 e. The average molecular weight is 216 g/mol. The number of aryl methyl sites for hydroxylation is 1. The lowest BCUT2D eigenvalue weighted by atomic mass is 10.3. The van der Waals surface area contributed by atoms with Crippen LogP contribution in [-0.4, -0.2) is 11.1 Å². The highest BCUT2D eigenvalue weighted by Crippen LogP contribution is 2.35. The Hall–Kier alpha value is -0.940. The fraction of sp³-hybridized carbons (Fsp3) is 0.125. The molecular weight excluding hydrogens is 211 g/mol. The van der Waals surface area contributed by atoms with Gasteiger partial charge in [0.25, 0.3) is 0 Å². The summed E-state index contributed by atoms with van der Waals surface area (Å²) in [5, 5.41) is 8.46. The summed E-state index contributed by atoms with van der Waals surface area (Å²) in [7, 11) is 0. The monoisotopic (exact) mass is 216 g/mol. The van der Waals surface area contributed by atoms with Crippen LogP contribution in [0.25, 0.3) is 9.40 Å². The van der Waals surface area contributed by atoms with Crippen LogP contribution in [0.2, 0.25) is 0 Å². The third kappa shape index (κ3) is 1.24. The molecule has 0 amide bonds. The molecule has 0 atom stereocenters. The van der Waals surface area contributed by atoms with Crippen molar-refractivity contribution in [1.29, 1.82) is 0 Å². The molecule has 0 saturated carbocycles. The quantitative estimate of drug-likeness (QED) is 0.795. The highest BCUT2D eigenvalue weighted by molar-refractivity contribution is 7.28. The summed E-state index contributed by atoms with van der Waals surface area (Å²) in [5.74, 6) is -0.951. The molecule has 0 aromatic carbocycles. The molecule has 2 rings (SSSR count). The first-order chi connectivity index (χ1) is 6.09. The molecule has 5 heteroatoms. The fourth-order valence-corrected chi connectivity index (χ4v) is 3.23. The van der Waals surface area contributed by atoms with E-state index in [2.05, 4.69) is 0 Å². The van der Waals surface area contributed by atoms with Crippen molar-refractivity contribution in [2.75, 3.05) is 0 Å². The van der Waals surface area contributed by atoms with Crippen LogP contribution in [0.5, 0.6) is 0 Å². The number of halogens is 1. The Morgan fingerprint density at radius 2 is 2.23 bits per heavy atom. The molecule has 2 aromatic rings. The van der Waals surface area contributed by atoms with Crippen molar-refractivity contribution in [2.24, 2.45) is 0 Å². The van der Waals surface area contributed by atoms with E-state index in [4.69, 9.17) is 5.11 Å². The smallest absolute Gasteiger partial charge is 0.345 e. The van der Waals surface area contributed by atoms with Gasteiger partial charge in [0.15, 0.2) is 5.13 Å². The molecule has 0 fully saturated rings. The van der Waals surface area contributed by atoms with Crippen LogP contribution in [0, 0.1) is 12.1 Å². The van der Waals surface area contributed by atoms with Crippen molar-refractivity contribution in [3.63, 3.8) is 0 Å². The van der Waals surface area contributed by atoms with E-state index in [9.17, 15) is 9.18 Å². The van der Waals surface area contributed by atoms with Gasteiger partial charge in [0.05, 0.1) is 4.70 Å². The number of hydrogen-bond donors (Lipinski definition) is 1. The molecule has 13 heavy (non-hydrogen) atoms. The molecular formula is C8H5FO2S2. The number of fused-ring (bicyclic) bond motifs is 1. The SMILES string of the molecule is Cc1c(F)sc2cc(C(=O)O)sc12. The first-order valence-corrected chi connectivity index (χ1v) is 5.14. The van der Waals surface area contributed by atoms with Crippen molar-refractivity contribution < 1.29 is 14.3 Å². The van der Waals surface area contributed by atoms with Gasteiger partial charge in [0.1, 0.15) is 4.88 Å². The minimum Gasteiger partial charge on any atom is -0.477 e. The lowest BCUT2D eigenvalue weighted by Crippen LogP contribution is -1.89. The maximum atomic E-state index is 13.0. The molecule has 0 aliphatic carbocycles. The minimum absolute atomic E-state index is 0.224. The van der Waals surface area contributed by atoms with E-state index in [1.807, 2.05) is 0 Å². The normalized spacial score (nSPS) is 10.9. The van der Waals surface area contributed by atoms with E-state index in [-0.39, 0.29) is 10.0 Å². The van der Waals surface area contributed by atoms with Crippen LogP contribution in [0.1, 0.15) is 15.2 Å². The molecule has 0 radical (unpaired) electrons. The summed E-state index contributed by atoms with van der Waals surface area (Å²) in [6.07, 6.45) is 0. The number of hydrogen-bond acceptors (Lipinski definition) is 3. The molecule has 0 aliphatic rings. The second-order valence-electron chi connectivity index (χ2n) is 2.61. The molecule has 0 unspecified atom stereocenters. The number of carboxylic acids is 1. The number of aromatic carboxylic acids is 1. The van der Waals surface area contributed by atoms with Gasteiger partial charge in [-0.2, -0.15) is 4.39 Å². The molecule has 0 saturated heterocycles. The van der Waals surface area contributed by atoms with Gasteiger partial charge < -0.3 is 5.11 Å². The summed E-state index contributed by atoms with van der Waals surface area (Å²) < 4.78 is 14.4. The van der Waals surface area contributed by atoms with Crippen molar-refractivity contribution in [3.8, 4) is 0 Å². The van der Waals surface area contributed by atoms with Gasteiger partial charge in [-0.05, 0) is 13.0 Å². The molecule has 2 aromatic heterocycles. The Morgan fingerprint density at radius 1 is 1.54 bits per heavy atom. The zero-order valence-electron chi connectivity index (χ0n) is 6.63. The lowest BCUT2D eigenvalue weighted by Gasteiger charge is -1.84. The fourth-order valence-electron chi connectivity index (χ4n) is 1.08. The Labute approximate surface area is 81.2 Å². The zero-order valence-corrected chi connectivity index (χ0v) is 8.26. The van der Waals surface area contributed by atoms with Crippen LogP contribution < -0.4 is 0 Å². The number of rotatable bonds is 1. The van der Waals surface area contributed by atoms with E-state index in [0.717, 1.165) is 32.1 Å². The first kappa shape index (κ1) is 8.65. The number of thiophene rings is 2. The third-order valence-corrected chi connectivity index (χ3v) is 4.14. The second kappa shape index (κ2) is 2.78. The Kier molecular flexibility index (Phi) is 1.85. The van der Waals surface area contributed by atoms with Crippen molar-refractivity contribution in [1.82, 2.24) is 0 Å². The summed E-state index contributed by atoms with van der Waals surface area (Å²) in [6, 6.07) is 1.52. The molecule has 0 bridgehead atoms. The maximum absolute atomic E-state index is 13.0. The molecule has 2 heterocycles. The van der Waals surface area contributed by atoms with Gasteiger partial charge in [0.2, 0.25) is 0 Å². The van der Waals surface area contributed by atoms with Crippen LogP contribution in [0.15, 0.2) is 6.07 Å². The van der Waals surface area contributed by atoms with E-state index in [1.165, 1.54) is 6.07 Å². The summed E-state index contributed by atoms with van der Waals surface area (Å²) in [5.41, 5.74) is 0.553. The van der Waals surface area contributed by atoms with E-state index < -0.39 is 5.97 Å². The molecule has 2 nitrogen and oxygen atoms in total. The maximum Gasteiger partial charge on any atom is 0.345 e. The number of carbonyl (C=O) groups is 1. The Morgan fingerprint density at radius 3 is 2.77 bits per heavy atom. The molecule has 0 aliphatic heterocycles. The molecule has 1 N–H and O–H groups in total. The van der Waals surface area contributed by atoms with Crippen molar-refractivity contribution >= 4 is 38.0 Å². The highest BCUT2D eigenvalue weighted by atomic mass is 32.1. The van der Waals surface area contributed by atoms with Crippen LogP contribution in [-0.2, 0) is 0 Å². The van der Waals surface area contributed by atoms with Gasteiger partial charge >= 0.3 is 5.97 Å². The van der Waals surface area contributed by atoms with Gasteiger partial charge in [-0.25, -0.2) is 4.79 Å². The zero-order chi connectivity index (χ0) is 9.59. The predicted molar refractivity (Wildman–Crippen MR) is 51.4 cm³/mol. The first-order valence-electron chi connectivity index (χ1n) is 3.51. The summed E-state index contributed by atoms with van der Waals surface area (Å²) >= 11 is 2.12. The van der Waals surface area contributed by atoms with E-state index >= 15 is 0 Å². The van der Waals surface area contributed by atoms with Crippen LogP contribution in [0.3, 0.4) is 0 Å². The van der Waals surface area contributed by atoms with E-state index in [1.54, 1.807) is 6.92 Å². The Bertz CT molecular complexity index is 484. The predicted octanol–water partition coefficient (Wildman–Crippen LogP) is 3.11. The van der Waals surface area contributed by atoms with E-state index in [0.29, 0.717) is 5.56 Å². The van der Waals surface area contributed by atoms with Crippen molar-refractivity contribution in [2.45, 2.75) is 6.92 Å². The van der Waals surface area contributed by atoms with Crippen LogP contribution in [0.4, 0.5) is 4.39 Å². The second-order valence-corrected chi connectivity index (χ2v) is 4.66. The third-order valence-electron chi connectivity index (χ3n) is 1.74.